The van der Waals surface area contributed by atoms with Crippen LogP contribution in [0, 0.1) is 0 Å². The number of carbonyl (C=O) groups is 1. The third-order valence-electron chi connectivity index (χ3n) is 7.88. The van der Waals surface area contributed by atoms with Gasteiger partial charge in [-0.3, -0.25) is 0 Å². The molecular weight excluding hydrogens is 576 g/mol. The number of ether oxygens (including phenoxy) is 3. The molecule has 0 bridgehead atoms. The molecule has 4 rings (SSSR count). The van der Waals surface area contributed by atoms with Gasteiger partial charge in [0.05, 0.1) is 23.7 Å². The van der Waals surface area contributed by atoms with E-state index in [1.54, 1.807) is 0 Å². The monoisotopic (exact) mass is 628 g/mol. The predicted octanol–water partition coefficient (Wildman–Crippen LogP) is 8.33. The summed E-state index contributed by atoms with van der Waals surface area (Å²) in [4.78, 5) is 20.6. The van der Waals surface area contributed by atoms with Gasteiger partial charge in [0, 0.05) is 25.6 Å². The maximum Gasteiger partial charge on any atom is 0.408 e. The van der Waals surface area contributed by atoms with E-state index >= 15 is 0 Å². The van der Waals surface area contributed by atoms with Crippen LogP contribution >= 0.6 is 0 Å². The van der Waals surface area contributed by atoms with Gasteiger partial charge in [0.15, 0.2) is 0 Å². The summed E-state index contributed by atoms with van der Waals surface area (Å²) in [5.41, 5.74) is 3.44. The van der Waals surface area contributed by atoms with Crippen LogP contribution < -0.4 is 14.8 Å². The van der Waals surface area contributed by atoms with Gasteiger partial charge in [-0.05, 0) is 82.1 Å². The number of fused-ring (bicyclic) bond motifs is 1. The van der Waals surface area contributed by atoms with Gasteiger partial charge in [0.1, 0.15) is 29.5 Å². The third kappa shape index (κ3) is 10.5. The fourth-order valence-corrected chi connectivity index (χ4v) is 5.40. The number of rotatable bonds is 17. The molecule has 46 heavy (non-hydrogen) atoms. The van der Waals surface area contributed by atoms with Crippen molar-refractivity contribution >= 4 is 17.1 Å². The Labute approximate surface area is 275 Å². The minimum Gasteiger partial charge on any atom is -0.493 e. The number of carbonyl (C=O) groups excluding carboxylic acids is 1. The molecule has 3 aromatic carbocycles. The van der Waals surface area contributed by atoms with Gasteiger partial charge < -0.3 is 29.0 Å². The second-order valence-corrected chi connectivity index (χ2v) is 12.7. The standard InChI is InChI=1S/C38H52N4O4/c1-7-10-24-42-35-27-32(44-25-14-23-41(8-2)9-3)21-22-33(35)39-36(42)34(40-37(43)46-38(4,5)6)26-29-17-19-31(20-18-29)45-28-30-15-12-11-13-16-30/h11-13,15-22,27,34H,7-10,14,23-26,28H2,1-6H3,(H,40,43). The summed E-state index contributed by atoms with van der Waals surface area (Å²) in [5, 5.41) is 3.14. The first kappa shape index (κ1) is 34.8. The van der Waals surface area contributed by atoms with Crippen LogP contribution in [0.1, 0.15) is 83.8 Å². The normalized spacial score (nSPS) is 12.3. The second-order valence-electron chi connectivity index (χ2n) is 12.7. The van der Waals surface area contributed by atoms with Gasteiger partial charge in [-0.25, -0.2) is 9.78 Å². The maximum absolute atomic E-state index is 13.1. The Morgan fingerprint density at radius 3 is 2.28 bits per heavy atom. The van der Waals surface area contributed by atoms with E-state index < -0.39 is 17.7 Å². The van der Waals surface area contributed by atoms with E-state index in [9.17, 15) is 4.79 Å². The van der Waals surface area contributed by atoms with Crippen molar-refractivity contribution < 1.29 is 19.0 Å². The fraction of sp³-hybridized carbons (Fsp3) is 0.474. The Hall–Kier alpha value is -4.04. The van der Waals surface area contributed by atoms with Gasteiger partial charge >= 0.3 is 6.09 Å². The average Bonchev–Trinajstić information content (AvgIpc) is 3.40. The fourth-order valence-electron chi connectivity index (χ4n) is 5.40. The van der Waals surface area contributed by atoms with Crippen LogP contribution in [0.5, 0.6) is 11.5 Å². The second kappa shape index (κ2) is 17.0. The zero-order valence-electron chi connectivity index (χ0n) is 28.6. The van der Waals surface area contributed by atoms with E-state index in [0.717, 1.165) is 84.9 Å². The minimum absolute atomic E-state index is 0.409. The molecule has 1 heterocycles. The van der Waals surface area contributed by atoms with E-state index in [1.165, 1.54) is 0 Å². The summed E-state index contributed by atoms with van der Waals surface area (Å²) in [7, 11) is 0. The molecule has 248 valence electrons. The molecule has 0 spiro atoms. The molecule has 1 N–H and O–H groups in total. The number of aromatic nitrogens is 2. The largest absolute Gasteiger partial charge is 0.493 e. The number of alkyl carbamates (subject to hydrolysis) is 1. The smallest absolute Gasteiger partial charge is 0.408 e. The lowest BCUT2D eigenvalue weighted by molar-refractivity contribution is 0.0500. The van der Waals surface area contributed by atoms with Crippen molar-refractivity contribution in [2.75, 3.05) is 26.2 Å². The molecule has 0 aliphatic rings. The van der Waals surface area contributed by atoms with Crippen molar-refractivity contribution in [3.63, 3.8) is 0 Å². The molecule has 0 saturated heterocycles. The summed E-state index contributed by atoms with van der Waals surface area (Å²) in [6, 6.07) is 23.9. The van der Waals surface area contributed by atoms with Crippen LogP contribution in [0.2, 0.25) is 0 Å². The zero-order valence-corrected chi connectivity index (χ0v) is 28.6. The van der Waals surface area contributed by atoms with E-state index in [-0.39, 0.29) is 0 Å². The highest BCUT2D eigenvalue weighted by molar-refractivity contribution is 5.78. The van der Waals surface area contributed by atoms with Crippen molar-refractivity contribution in [2.24, 2.45) is 0 Å². The molecule has 1 unspecified atom stereocenters. The highest BCUT2D eigenvalue weighted by atomic mass is 16.6. The molecule has 0 fully saturated rings. The Kier molecular flexibility index (Phi) is 12.9. The molecule has 0 aliphatic heterocycles. The Balaban J connectivity index is 1.58. The van der Waals surface area contributed by atoms with Crippen molar-refractivity contribution in [3.8, 4) is 11.5 Å². The van der Waals surface area contributed by atoms with Crippen molar-refractivity contribution in [1.82, 2.24) is 19.8 Å². The summed E-state index contributed by atoms with van der Waals surface area (Å²) in [6.45, 7) is 17.2. The molecule has 0 aliphatic carbocycles. The van der Waals surface area contributed by atoms with Crippen LogP contribution in [0.4, 0.5) is 4.79 Å². The van der Waals surface area contributed by atoms with Gasteiger partial charge in [-0.15, -0.1) is 0 Å². The molecule has 1 amide bonds. The van der Waals surface area contributed by atoms with E-state index in [1.807, 2.05) is 75.4 Å². The zero-order chi connectivity index (χ0) is 32.9. The van der Waals surface area contributed by atoms with Crippen molar-refractivity contribution in [1.29, 1.82) is 0 Å². The van der Waals surface area contributed by atoms with Gasteiger partial charge in [-0.2, -0.15) is 0 Å². The molecule has 1 aromatic heterocycles. The SMILES string of the molecule is CCCCn1c(C(Cc2ccc(OCc3ccccc3)cc2)NC(=O)OC(C)(C)C)nc2ccc(OCCCN(CC)CC)cc21. The molecule has 8 heteroatoms. The summed E-state index contributed by atoms with van der Waals surface area (Å²) >= 11 is 0. The molecule has 0 saturated carbocycles. The Bertz CT molecular complexity index is 1490. The lowest BCUT2D eigenvalue weighted by Gasteiger charge is -2.24. The number of nitrogens with one attached hydrogen (secondary N) is 1. The van der Waals surface area contributed by atoms with Crippen molar-refractivity contribution in [3.05, 3.63) is 89.7 Å². The Morgan fingerprint density at radius 1 is 0.891 bits per heavy atom. The lowest BCUT2D eigenvalue weighted by atomic mass is 10.0. The number of hydrogen-bond donors (Lipinski definition) is 1. The van der Waals surface area contributed by atoms with Crippen LogP contribution in [-0.4, -0.2) is 52.4 Å². The lowest BCUT2D eigenvalue weighted by Crippen LogP contribution is -2.37. The number of amides is 1. The first-order valence-electron chi connectivity index (χ1n) is 16.8. The van der Waals surface area contributed by atoms with E-state index in [2.05, 4.69) is 53.8 Å². The summed E-state index contributed by atoms with van der Waals surface area (Å²) < 4.78 is 20.1. The number of nitrogens with zero attached hydrogens (tertiary/aromatic N) is 3. The first-order chi connectivity index (χ1) is 22.2. The maximum atomic E-state index is 13.1. The third-order valence-corrected chi connectivity index (χ3v) is 7.88. The number of hydrogen-bond acceptors (Lipinski definition) is 6. The van der Waals surface area contributed by atoms with Gasteiger partial charge in [0.25, 0.3) is 0 Å². The van der Waals surface area contributed by atoms with Gasteiger partial charge in [0.2, 0.25) is 0 Å². The van der Waals surface area contributed by atoms with Crippen LogP contribution in [0.3, 0.4) is 0 Å². The number of unbranched alkanes of at least 4 members (excludes halogenated alkanes) is 1. The topological polar surface area (TPSA) is 77.8 Å². The quantitative estimate of drug-likeness (QED) is 0.119. The number of aryl methyl sites for hydroxylation is 1. The van der Waals surface area contributed by atoms with Crippen LogP contribution in [0.15, 0.2) is 72.8 Å². The molecule has 4 aromatic rings. The number of imidazole rings is 1. The minimum atomic E-state index is -0.619. The van der Waals surface area contributed by atoms with Crippen LogP contribution in [-0.2, 0) is 24.3 Å². The summed E-state index contributed by atoms with van der Waals surface area (Å²) in [5.74, 6) is 2.43. The number of benzene rings is 3. The predicted molar refractivity (Wildman–Crippen MR) is 186 cm³/mol. The molecular formula is C38H52N4O4. The first-order valence-corrected chi connectivity index (χ1v) is 16.8. The van der Waals surface area contributed by atoms with Crippen LogP contribution in [0.25, 0.3) is 11.0 Å². The molecule has 1 atom stereocenters. The molecule has 8 nitrogen and oxygen atoms in total. The van der Waals surface area contributed by atoms with E-state index in [4.69, 9.17) is 19.2 Å². The molecule has 0 radical (unpaired) electrons. The Morgan fingerprint density at radius 2 is 1.61 bits per heavy atom. The van der Waals surface area contributed by atoms with E-state index in [0.29, 0.717) is 19.6 Å². The highest BCUT2D eigenvalue weighted by Gasteiger charge is 2.26. The van der Waals surface area contributed by atoms with Crippen molar-refractivity contribution in [2.45, 2.75) is 92.0 Å². The summed E-state index contributed by atoms with van der Waals surface area (Å²) in [6.07, 6.45) is 3.07. The highest BCUT2D eigenvalue weighted by Crippen LogP contribution is 2.28. The average molecular weight is 629 g/mol. The van der Waals surface area contributed by atoms with Gasteiger partial charge in [-0.1, -0.05) is 69.7 Å².